The largest absolute Gasteiger partial charge is 0.435 e. The highest BCUT2D eigenvalue weighted by atomic mass is 19.4. The summed E-state index contributed by atoms with van der Waals surface area (Å²) < 4.78 is 38.0. The van der Waals surface area contributed by atoms with Gasteiger partial charge >= 0.3 is 6.18 Å². The molecule has 15 heavy (non-hydrogen) atoms. The Hall–Kier alpha value is -1.08. The predicted molar refractivity (Wildman–Crippen MR) is 49.0 cm³/mol. The van der Waals surface area contributed by atoms with E-state index in [0.29, 0.717) is 25.3 Å². The molecule has 0 aromatic carbocycles. The van der Waals surface area contributed by atoms with E-state index in [0.717, 1.165) is 6.07 Å². The third kappa shape index (κ3) is 3.21. The van der Waals surface area contributed by atoms with E-state index in [1.807, 2.05) is 0 Å². The predicted octanol–water partition coefficient (Wildman–Crippen LogP) is 0.487. The Morgan fingerprint density at radius 3 is 2.67 bits per heavy atom. The molecule has 0 aliphatic heterocycles. The lowest BCUT2D eigenvalue weighted by Gasteiger charge is -2.02. The minimum absolute atomic E-state index is 0.330. The van der Waals surface area contributed by atoms with Gasteiger partial charge in [0.05, 0.1) is 5.69 Å². The van der Waals surface area contributed by atoms with Crippen LogP contribution in [0.4, 0.5) is 13.2 Å². The van der Waals surface area contributed by atoms with Gasteiger partial charge in [-0.2, -0.15) is 18.3 Å². The molecule has 1 rings (SSSR count). The summed E-state index contributed by atoms with van der Waals surface area (Å²) in [5.41, 5.74) is 4.86. The Bertz CT molecular complexity index is 318. The van der Waals surface area contributed by atoms with Crippen molar-refractivity contribution < 1.29 is 13.2 Å². The van der Waals surface area contributed by atoms with Gasteiger partial charge in [0.1, 0.15) is 0 Å². The maximum absolute atomic E-state index is 12.3. The monoisotopic (exact) mass is 222 g/mol. The molecule has 0 aliphatic rings. The van der Waals surface area contributed by atoms with Crippen LogP contribution in [-0.4, -0.2) is 22.9 Å². The van der Waals surface area contributed by atoms with Crippen molar-refractivity contribution in [1.82, 2.24) is 15.1 Å². The Labute approximate surface area is 85.2 Å². The van der Waals surface area contributed by atoms with Crippen molar-refractivity contribution >= 4 is 0 Å². The van der Waals surface area contributed by atoms with Gasteiger partial charge in [-0.3, -0.25) is 4.68 Å². The van der Waals surface area contributed by atoms with E-state index >= 15 is 0 Å². The number of nitrogens with one attached hydrogen (secondary N) is 1. The summed E-state index contributed by atoms with van der Waals surface area (Å²) in [4.78, 5) is 0. The molecule has 0 saturated heterocycles. The first-order valence-electron chi connectivity index (χ1n) is 4.46. The van der Waals surface area contributed by atoms with Crippen LogP contribution in [0.25, 0.3) is 0 Å². The van der Waals surface area contributed by atoms with Gasteiger partial charge in [0.15, 0.2) is 5.69 Å². The second-order valence-corrected chi connectivity index (χ2v) is 3.11. The smallest absolute Gasteiger partial charge is 0.329 e. The molecule has 4 nitrogen and oxygen atoms in total. The fraction of sp³-hybridized carbons (Fsp3) is 0.625. The van der Waals surface area contributed by atoms with E-state index in [4.69, 9.17) is 5.73 Å². The molecule has 0 unspecified atom stereocenters. The molecule has 0 atom stereocenters. The van der Waals surface area contributed by atoms with Crippen molar-refractivity contribution in [2.24, 2.45) is 12.8 Å². The highest BCUT2D eigenvalue weighted by Crippen LogP contribution is 2.28. The minimum Gasteiger partial charge on any atom is -0.329 e. The van der Waals surface area contributed by atoms with Crippen molar-refractivity contribution in [3.8, 4) is 0 Å². The normalized spacial score (nSPS) is 12.1. The minimum atomic E-state index is -4.39. The number of aryl methyl sites for hydroxylation is 1. The first kappa shape index (κ1) is 12.0. The fourth-order valence-corrected chi connectivity index (χ4v) is 1.13. The zero-order valence-electron chi connectivity index (χ0n) is 8.30. The SMILES string of the molecule is Cn1nc(C(F)(F)F)cc1CNCCN. The molecule has 0 saturated carbocycles. The molecule has 0 fully saturated rings. The molecule has 0 spiro atoms. The van der Waals surface area contributed by atoms with Crippen molar-refractivity contribution in [3.05, 3.63) is 17.5 Å². The quantitative estimate of drug-likeness (QED) is 0.729. The van der Waals surface area contributed by atoms with Crippen molar-refractivity contribution in [3.63, 3.8) is 0 Å². The van der Waals surface area contributed by atoms with Crippen LogP contribution in [0.3, 0.4) is 0 Å². The van der Waals surface area contributed by atoms with E-state index in [1.165, 1.54) is 11.7 Å². The van der Waals surface area contributed by atoms with E-state index in [1.54, 1.807) is 0 Å². The number of halogens is 3. The summed E-state index contributed by atoms with van der Waals surface area (Å²) >= 11 is 0. The number of aromatic nitrogens is 2. The topological polar surface area (TPSA) is 55.9 Å². The molecule has 3 N–H and O–H groups in total. The summed E-state index contributed by atoms with van der Waals surface area (Å²) in [5.74, 6) is 0. The second-order valence-electron chi connectivity index (χ2n) is 3.11. The first-order chi connectivity index (χ1) is 6.95. The molecular formula is C8H13F3N4. The van der Waals surface area contributed by atoms with Crippen molar-refractivity contribution in [2.75, 3.05) is 13.1 Å². The van der Waals surface area contributed by atoms with Crippen LogP contribution in [0.15, 0.2) is 6.07 Å². The third-order valence-corrected chi connectivity index (χ3v) is 1.89. The maximum Gasteiger partial charge on any atom is 0.435 e. The van der Waals surface area contributed by atoms with Gasteiger partial charge in [0.25, 0.3) is 0 Å². The van der Waals surface area contributed by atoms with Gasteiger partial charge in [0.2, 0.25) is 0 Å². The van der Waals surface area contributed by atoms with Crippen LogP contribution in [0, 0.1) is 0 Å². The Morgan fingerprint density at radius 1 is 1.53 bits per heavy atom. The molecule has 86 valence electrons. The Balaban J connectivity index is 2.69. The van der Waals surface area contributed by atoms with Crippen LogP contribution in [0.1, 0.15) is 11.4 Å². The van der Waals surface area contributed by atoms with Gasteiger partial charge in [-0.05, 0) is 6.07 Å². The lowest BCUT2D eigenvalue weighted by atomic mass is 10.3. The summed E-state index contributed by atoms with van der Waals surface area (Å²) in [6.07, 6.45) is -4.39. The van der Waals surface area contributed by atoms with Gasteiger partial charge < -0.3 is 11.1 Å². The van der Waals surface area contributed by atoms with Gasteiger partial charge in [0, 0.05) is 26.7 Å². The second kappa shape index (κ2) is 4.63. The van der Waals surface area contributed by atoms with Gasteiger partial charge in [-0.25, -0.2) is 0 Å². The number of hydrogen-bond donors (Lipinski definition) is 2. The van der Waals surface area contributed by atoms with Crippen molar-refractivity contribution in [2.45, 2.75) is 12.7 Å². The highest BCUT2D eigenvalue weighted by molar-refractivity contribution is 5.12. The van der Waals surface area contributed by atoms with Crippen LogP contribution < -0.4 is 11.1 Å². The zero-order chi connectivity index (χ0) is 11.5. The van der Waals surface area contributed by atoms with Crippen LogP contribution in [0.5, 0.6) is 0 Å². The third-order valence-electron chi connectivity index (χ3n) is 1.89. The molecule has 7 heteroatoms. The van der Waals surface area contributed by atoms with Gasteiger partial charge in [-0.1, -0.05) is 0 Å². The Kier molecular flexibility index (Phi) is 3.70. The van der Waals surface area contributed by atoms with E-state index in [2.05, 4.69) is 10.4 Å². The standard InChI is InChI=1S/C8H13F3N4/c1-15-6(5-13-3-2-12)4-7(14-15)8(9,10)11/h4,13H,2-3,5,12H2,1H3. The van der Waals surface area contributed by atoms with Crippen LogP contribution >= 0.6 is 0 Å². The fourth-order valence-electron chi connectivity index (χ4n) is 1.13. The highest BCUT2D eigenvalue weighted by Gasteiger charge is 2.34. The average Bonchev–Trinajstić information content (AvgIpc) is 2.48. The summed E-state index contributed by atoms with van der Waals surface area (Å²) in [6.45, 7) is 1.34. The van der Waals surface area contributed by atoms with Gasteiger partial charge in [-0.15, -0.1) is 0 Å². The number of nitrogens with zero attached hydrogens (tertiary/aromatic N) is 2. The number of alkyl halides is 3. The molecule has 0 amide bonds. The number of hydrogen-bond acceptors (Lipinski definition) is 3. The summed E-state index contributed by atoms with van der Waals surface area (Å²) in [5, 5.41) is 6.28. The molecule has 1 aromatic rings. The number of nitrogens with two attached hydrogens (primary N) is 1. The van der Waals surface area contributed by atoms with Crippen LogP contribution in [0.2, 0.25) is 0 Å². The zero-order valence-corrected chi connectivity index (χ0v) is 8.30. The lowest BCUT2D eigenvalue weighted by Crippen LogP contribution is -2.22. The molecule has 1 heterocycles. The summed E-state index contributed by atoms with van der Waals surface area (Å²) in [7, 11) is 1.48. The van der Waals surface area contributed by atoms with Crippen molar-refractivity contribution in [1.29, 1.82) is 0 Å². The van der Waals surface area contributed by atoms with E-state index < -0.39 is 11.9 Å². The molecule has 0 bridgehead atoms. The molecule has 1 aromatic heterocycles. The first-order valence-corrected chi connectivity index (χ1v) is 4.46. The lowest BCUT2D eigenvalue weighted by molar-refractivity contribution is -0.141. The van der Waals surface area contributed by atoms with Crippen LogP contribution in [-0.2, 0) is 19.8 Å². The summed E-state index contributed by atoms with van der Waals surface area (Å²) in [6, 6.07) is 1.03. The Morgan fingerprint density at radius 2 is 2.20 bits per heavy atom. The number of rotatable bonds is 4. The molecule has 0 radical (unpaired) electrons. The van der Waals surface area contributed by atoms with E-state index in [-0.39, 0.29) is 0 Å². The van der Waals surface area contributed by atoms with E-state index in [9.17, 15) is 13.2 Å². The average molecular weight is 222 g/mol. The molecular weight excluding hydrogens is 209 g/mol. The maximum atomic E-state index is 12.3. The molecule has 0 aliphatic carbocycles.